The molecule has 128 valence electrons. The first-order valence-electron chi connectivity index (χ1n) is 8.97. The Hall–Kier alpha value is -2.17. The number of rotatable bonds is 2. The van der Waals surface area contributed by atoms with Gasteiger partial charge < -0.3 is 19.9 Å². The molecule has 0 atom stereocenters. The first-order chi connectivity index (χ1) is 11.7. The maximum atomic E-state index is 12.6. The van der Waals surface area contributed by atoms with E-state index in [2.05, 4.69) is 22.4 Å². The maximum absolute atomic E-state index is 12.6. The predicted molar refractivity (Wildman–Crippen MR) is 94.4 cm³/mol. The number of methoxy groups -OCH3 is 1. The summed E-state index contributed by atoms with van der Waals surface area (Å²) in [6.07, 6.45) is 6.91. The number of fused-ring (bicyclic) bond motifs is 3. The van der Waals surface area contributed by atoms with E-state index in [4.69, 9.17) is 4.74 Å². The van der Waals surface area contributed by atoms with Gasteiger partial charge in [0.25, 0.3) is 0 Å². The lowest BCUT2D eigenvalue weighted by atomic mass is 9.95. The Labute approximate surface area is 142 Å². The van der Waals surface area contributed by atoms with Gasteiger partial charge in [-0.2, -0.15) is 0 Å². The van der Waals surface area contributed by atoms with Crippen LogP contribution < -0.4 is 10.1 Å². The Morgan fingerprint density at radius 2 is 2.12 bits per heavy atom. The Morgan fingerprint density at radius 3 is 2.92 bits per heavy atom. The molecular formula is C19H25N3O2. The lowest BCUT2D eigenvalue weighted by Gasteiger charge is -2.30. The van der Waals surface area contributed by atoms with Crippen molar-refractivity contribution < 1.29 is 9.53 Å². The number of amides is 2. The smallest absolute Gasteiger partial charge is 0.317 e. The summed E-state index contributed by atoms with van der Waals surface area (Å²) >= 11 is 0. The van der Waals surface area contributed by atoms with E-state index in [0.29, 0.717) is 12.6 Å². The fourth-order valence-corrected chi connectivity index (χ4v) is 4.03. The van der Waals surface area contributed by atoms with E-state index in [1.165, 1.54) is 30.2 Å². The second-order valence-corrected chi connectivity index (χ2v) is 6.95. The van der Waals surface area contributed by atoms with Gasteiger partial charge in [-0.05, 0) is 43.0 Å². The molecule has 2 heterocycles. The lowest BCUT2D eigenvalue weighted by molar-refractivity contribution is 0.184. The van der Waals surface area contributed by atoms with E-state index in [1.54, 1.807) is 7.11 Å². The molecule has 1 aliphatic heterocycles. The van der Waals surface area contributed by atoms with E-state index >= 15 is 0 Å². The first kappa shape index (κ1) is 15.4. The molecule has 5 nitrogen and oxygen atoms in total. The highest BCUT2D eigenvalue weighted by Crippen LogP contribution is 2.30. The molecule has 5 heteroatoms. The van der Waals surface area contributed by atoms with Crippen molar-refractivity contribution in [2.45, 2.75) is 51.1 Å². The minimum Gasteiger partial charge on any atom is -0.497 e. The van der Waals surface area contributed by atoms with Crippen molar-refractivity contribution in [3.05, 3.63) is 29.5 Å². The molecule has 24 heavy (non-hydrogen) atoms. The number of carbonyl (C=O) groups is 1. The van der Waals surface area contributed by atoms with Crippen molar-refractivity contribution >= 4 is 16.9 Å². The third-order valence-corrected chi connectivity index (χ3v) is 5.40. The van der Waals surface area contributed by atoms with E-state index < -0.39 is 0 Å². The molecule has 0 spiro atoms. The summed E-state index contributed by atoms with van der Waals surface area (Å²) in [4.78, 5) is 18.0. The lowest BCUT2D eigenvalue weighted by Crippen LogP contribution is -2.47. The molecule has 1 fully saturated rings. The van der Waals surface area contributed by atoms with Crippen LogP contribution >= 0.6 is 0 Å². The molecule has 4 rings (SSSR count). The first-order valence-corrected chi connectivity index (χ1v) is 8.97. The number of aromatic amines is 1. The van der Waals surface area contributed by atoms with Gasteiger partial charge in [0.1, 0.15) is 5.75 Å². The van der Waals surface area contributed by atoms with Gasteiger partial charge in [0.2, 0.25) is 0 Å². The molecule has 1 aliphatic carbocycles. The topological polar surface area (TPSA) is 57.4 Å². The molecule has 2 N–H and O–H groups in total. The number of hydrogen-bond donors (Lipinski definition) is 2. The highest BCUT2D eigenvalue weighted by atomic mass is 16.5. The van der Waals surface area contributed by atoms with E-state index in [9.17, 15) is 4.79 Å². The Bertz CT molecular complexity index is 746. The average molecular weight is 327 g/mol. The maximum Gasteiger partial charge on any atom is 0.317 e. The Kier molecular flexibility index (Phi) is 4.08. The number of ether oxygens (including phenoxy) is 1. The normalized spacial score (nSPS) is 18.5. The van der Waals surface area contributed by atoms with E-state index in [1.807, 2.05) is 11.0 Å². The van der Waals surface area contributed by atoms with Crippen LogP contribution in [0.25, 0.3) is 10.9 Å². The number of urea groups is 1. The summed E-state index contributed by atoms with van der Waals surface area (Å²) in [6.45, 7) is 1.43. The number of nitrogens with one attached hydrogen (secondary N) is 2. The van der Waals surface area contributed by atoms with Crippen molar-refractivity contribution in [1.29, 1.82) is 0 Å². The van der Waals surface area contributed by atoms with Crippen LogP contribution in [-0.4, -0.2) is 35.6 Å². The summed E-state index contributed by atoms with van der Waals surface area (Å²) in [5.74, 6) is 0.877. The number of hydrogen-bond acceptors (Lipinski definition) is 2. The van der Waals surface area contributed by atoms with E-state index in [0.717, 1.165) is 42.8 Å². The number of benzene rings is 1. The molecular weight excluding hydrogens is 302 g/mol. The molecule has 1 aromatic carbocycles. The third kappa shape index (κ3) is 2.83. The molecule has 1 aromatic heterocycles. The summed E-state index contributed by atoms with van der Waals surface area (Å²) in [5.41, 5.74) is 3.60. The van der Waals surface area contributed by atoms with Crippen LogP contribution in [0.2, 0.25) is 0 Å². The summed E-state index contributed by atoms with van der Waals surface area (Å²) in [5, 5.41) is 4.44. The largest absolute Gasteiger partial charge is 0.497 e. The van der Waals surface area contributed by atoms with Gasteiger partial charge >= 0.3 is 6.03 Å². The van der Waals surface area contributed by atoms with Crippen LogP contribution in [0.5, 0.6) is 5.75 Å². The van der Waals surface area contributed by atoms with Gasteiger partial charge in [-0.15, -0.1) is 0 Å². The molecule has 0 unspecified atom stereocenters. The molecule has 0 saturated heterocycles. The van der Waals surface area contributed by atoms with Crippen LogP contribution in [0.15, 0.2) is 18.2 Å². The summed E-state index contributed by atoms with van der Waals surface area (Å²) < 4.78 is 5.34. The van der Waals surface area contributed by atoms with Gasteiger partial charge in [-0.1, -0.05) is 19.3 Å². The van der Waals surface area contributed by atoms with Gasteiger partial charge in [0.15, 0.2) is 0 Å². The number of H-pyrrole nitrogens is 1. The quantitative estimate of drug-likeness (QED) is 0.886. The SMILES string of the molecule is COc1ccc2[nH]c3c(c2c1)CCN(C(=O)NC1CCCCC1)C3. The van der Waals surface area contributed by atoms with Gasteiger partial charge in [0.05, 0.1) is 13.7 Å². The average Bonchev–Trinajstić information content (AvgIpc) is 2.99. The second-order valence-electron chi connectivity index (χ2n) is 6.95. The van der Waals surface area contributed by atoms with Crippen molar-refractivity contribution in [3.63, 3.8) is 0 Å². The van der Waals surface area contributed by atoms with Crippen molar-refractivity contribution in [2.24, 2.45) is 0 Å². The molecule has 2 aliphatic rings. The zero-order chi connectivity index (χ0) is 16.5. The molecule has 2 amide bonds. The van der Waals surface area contributed by atoms with Crippen LogP contribution in [0.3, 0.4) is 0 Å². The van der Waals surface area contributed by atoms with E-state index in [-0.39, 0.29) is 6.03 Å². The monoisotopic (exact) mass is 327 g/mol. The number of aromatic nitrogens is 1. The summed E-state index contributed by atoms with van der Waals surface area (Å²) in [7, 11) is 1.69. The van der Waals surface area contributed by atoms with Gasteiger partial charge in [-0.25, -0.2) is 4.79 Å². The van der Waals surface area contributed by atoms with Crippen molar-refractivity contribution in [1.82, 2.24) is 15.2 Å². The predicted octanol–water partition coefficient (Wildman–Crippen LogP) is 3.58. The zero-order valence-electron chi connectivity index (χ0n) is 14.2. The van der Waals surface area contributed by atoms with Crippen LogP contribution in [0.1, 0.15) is 43.4 Å². The molecule has 2 aromatic rings. The van der Waals surface area contributed by atoms with Crippen molar-refractivity contribution in [3.8, 4) is 5.75 Å². The number of carbonyl (C=O) groups excluding carboxylic acids is 1. The second kappa shape index (κ2) is 6.38. The Balaban J connectivity index is 1.50. The molecule has 0 radical (unpaired) electrons. The Morgan fingerprint density at radius 1 is 1.29 bits per heavy atom. The number of nitrogens with zero attached hydrogens (tertiary/aromatic N) is 1. The minimum absolute atomic E-state index is 0.0868. The van der Waals surface area contributed by atoms with Crippen LogP contribution in [-0.2, 0) is 13.0 Å². The van der Waals surface area contributed by atoms with Crippen LogP contribution in [0, 0.1) is 0 Å². The molecule has 0 bridgehead atoms. The van der Waals surface area contributed by atoms with Gasteiger partial charge in [0, 0.05) is 29.2 Å². The zero-order valence-corrected chi connectivity index (χ0v) is 14.2. The minimum atomic E-state index is 0.0868. The van der Waals surface area contributed by atoms with Gasteiger partial charge in [-0.3, -0.25) is 0 Å². The highest BCUT2D eigenvalue weighted by molar-refractivity contribution is 5.87. The van der Waals surface area contributed by atoms with Crippen LogP contribution in [0.4, 0.5) is 4.79 Å². The third-order valence-electron chi connectivity index (χ3n) is 5.40. The fourth-order valence-electron chi connectivity index (χ4n) is 4.03. The summed E-state index contributed by atoms with van der Waals surface area (Å²) in [6, 6.07) is 6.56. The standard InChI is InChI=1S/C19H25N3O2/c1-24-14-7-8-17-16(11-14)15-9-10-22(12-18(15)21-17)19(23)20-13-5-3-2-4-6-13/h7-8,11,13,21H,2-6,9-10,12H2,1H3,(H,20,23). The molecule has 1 saturated carbocycles. The van der Waals surface area contributed by atoms with Crippen molar-refractivity contribution in [2.75, 3.05) is 13.7 Å². The highest BCUT2D eigenvalue weighted by Gasteiger charge is 2.26. The fraction of sp³-hybridized carbons (Fsp3) is 0.526.